The van der Waals surface area contributed by atoms with Gasteiger partial charge in [-0.1, -0.05) is 0 Å². The van der Waals surface area contributed by atoms with Crippen molar-refractivity contribution in [3.63, 3.8) is 0 Å². The minimum atomic E-state index is 0.219. The third-order valence-corrected chi connectivity index (χ3v) is 5.77. The van der Waals surface area contributed by atoms with Crippen LogP contribution in [0.2, 0.25) is 0 Å². The largest absolute Gasteiger partial charge is 0.468 e. The van der Waals surface area contributed by atoms with Gasteiger partial charge in [0.15, 0.2) is 5.96 Å². The number of aliphatic imine (C=N–C) groups is 1. The molecule has 27 heavy (non-hydrogen) atoms. The number of furan rings is 1. The Morgan fingerprint density at radius 2 is 2.22 bits per heavy atom. The lowest BCUT2D eigenvalue weighted by molar-refractivity contribution is 0.221. The molecule has 0 saturated carbocycles. The van der Waals surface area contributed by atoms with E-state index in [4.69, 9.17) is 9.41 Å². The molecule has 148 valence electrons. The van der Waals surface area contributed by atoms with E-state index >= 15 is 0 Å². The molecule has 1 saturated heterocycles. The minimum Gasteiger partial charge on any atom is -0.468 e. The van der Waals surface area contributed by atoms with E-state index in [1.54, 1.807) is 17.6 Å². The van der Waals surface area contributed by atoms with Crippen LogP contribution in [-0.2, 0) is 6.42 Å². The maximum absolute atomic E-state index is 5.69. The molecule has 2 aromatic rings. The second-order valence-electron chi connectivity index (χ2n) is 6.91. The summed E-state index contributed by atoms with van der Waals surface area (Å²) in [6.07, 6.45) is 6.33. The van der Waals surface area contributed by atoms with E-state index in [1.807, 2.05) is 13.0 Å². The molecular weight excluding hydrogens is 358 g/mol. The van der Waals surface area contributed by atoms with Crippen molar-refractivity contribution in [2.45, 2.75) is 45.6 Å². The Morgan fingerprint density at radius 3 is 2.89 bits per heavy atom. The average molecular weight is 390 g/mol. The number of thiazole rings is 1. The molecule has 1 aliphatic rings. The fraction of sp³-hybridized carbons (Fsp3) is 0.600. The summed E-state index contributed by atoms with van der Waals surface area (Å²) in [6, 6.07) is 4.25. The van der Waals surface area contributed by atoms with Crippen LogP contribution in [0, 0.1) is 6.92 Å². The smallest absolute Gasteiger partial charge is 0.191 e. The van der Waals surface area contributed by atoms with E-state index in [-0.39, 0.29) is 6.04 Å². The second-order valence-corrected chi connectivity index (χ2v) is 7.85. The van der Waals surface area contributed by atoms with E-state index in [1.165, 1.54) is 17.8 Å². The molecule has 2 N–H and O–H groups in total. The SMILES string of the molecule is CCNC(=NCC(c1ccco1)N1CCCC1)NCCCc1nc(C)cs1. The number of nitrogens with one attached hydrogen (secondary N) is 2. The van der Waals surface area contributed by atoms with Crippen molar-refractivity contribution in [2.75, 3.05) is 32.7 Å². The summed E-state index contributed by atoms with van der Waals surface area (Å²) in [4.78, 5) is 11.9. The van der Waals surface area contributed by atoms with Gasteiger partial charge < -0.3 is 15.1 Å². The molecule has 7 heteroatoms. The van der Waals surface area contributed by atoms with Crippen LogP contribution in [0.25, 0.3) is 0 Å². The van der Waals surface area contributed by atoms with Crippen LogP contribution in [-0.4, -0.2) is 48.6 Å². The number of aryl methyl sites for hydroxylation is 2. The van der Waals surface area contributed by atoms with Gasteiger partial charge in [0.05, 0.1) is 23.9 Å². The Morgan fingerprint density at radius 1 is 1.37 bits per heavy atom. The highest BCUT2D eigenvalue weighted by atomic mass is 32.1. The number of hydrogen-bond donors (Lipinski definition) is 2. The molecular formula is C20H31N5OS. The fourth-order valence-corrected chi connectivity index (χ4v) is 4.22. The quantitative estimate of drug-likeness (QED) is 0.391. The molecule has 1 aliphatic heterocycles. The molecule has 0 radical (unpaired) electrons. The molecule has 0 aliphatic carbocycles. The van der Waals surface area contributed by atoms with E-state index in [0.29, 0.717) is 6.54 Å². The molecule has 3 heterocycles. The number of guanidine groups is 1. The van der Waals surface area contributed by atoms with E-state index < -0.39 is 0 Å². The van der Waals surface area contributed by atoms with Crippen LogP contribution in [0.15, 0.2) is 33.2 Å². The monoisotopic (exact) mass is 389 g/mol. The normalized spacial score (nSPS) is 16.6. The Bertz CT molecular complexity index is 691. The maximum Gasteiger partial charge on any atom is 0.191 e. The molecule has 3 rings (SSSR count). The van der Waals surface area contributed by atoms with E-state index in [0.717, 1.165) is 56.4 Å². The first kappa shape index (κ1) is 19.9. The zero-order valence-corrected chi connectivity index (χ0v) is 17.2. The molecule has 1 unspecified atom stereocenters. The predicted octanol–water partition coefficient (Wildman–Crippen LogP) is 3.37. The summed E-state index contributed by atoms with van der Waals surface area (Å²) >= 11 is 1.74. The van der Waals surface area contributed by atoms with Gasteiger partial charge in [0.1, 0.15) is 5.76 Å². The first-order valence-corrected chi connectivity index (χ1v) is 10.8. The first-order valence-electron chi connectivity index (χ1n) is 9.97. The Hall–Kier alpha value is -1.86. The van der Waals surface area contributed by atoms with Gasteiger partial charge in [-0.15, -0.1) is 11.3 Å². The van der Waals surface area contributed by atoms with Gasteiger partial charge in [0, 0.05) is 30.6 Å². The van der Waals surface area contributed by atoms with Crippen molar-refractivity contribution in [2.24, 2.45) is 4.99 Å². The predicted molar refractivity (Wildman–Crippen MR) is 111 cm³/mol. The number of aromatic nitrogens is 1. The van der Waals surface area contributed by atoms with Crippen LogP contribution in [0.4, 0.5) is 0 Å². The molecule has 1 fully saturated rings. The zero-order valence-electron chi connectivity index (χ0n) is 16.4. The van der Waals surface area contributed by atoms with E-state index in [9.17, 15) is 0 Å². The molecule has 1 atom stereocenters. The molecule has 0 bridgehead atoms. The van der Waals surface area contributed by atoms with Crippen LogP contribution in [0.3, 0.4) is 0 Å². The maximum atomic E-state index is 5.69. The third kappa shape index (κ3) is 6.07. The van der Waals surface area contributed by atoms with Crippen LogP contribution < -0.4 is 10.6 Å². The van der Waals surface area contributed by atoms with Crippen molar-refractivity contribution in [1.29, 1.82) is 0 Å². The van der Waals surface area contributed by atoms with Crippen molar-refractivity contribution in [1.82, 2.24) is 20.5 Å². The van der Waals surface area contributed by atoms with E-state index in [2.05, 4.69) is 38.9 Å². The molecule has 2 aromatic heterocycles. The van der Waals surface area contributed by atoms with Gasteiger partial charge in [-0.25, -0.2) is 4.98 Å². The second kappa shape index (κ2) is 10.5. The van der Waals surface area contributed by atoms with Crippen LogP contribution in [0.5, 0.6) is 0 Å². The van der Waals surface area contributed by atoms with Crippen molar-refractivity contribution >= 4 is 17.3 Å². The summed E-state index contributed by atoms with van der Waals surface area (Å²) < 4.78 is 5.69. The topological polar surface area (TPSA) is 65.7 Å². The average Bonchev–Trinajstić information content (AvgIpc) is 3.42. The lowest BCUT2D eigenvalue weighted by Gasteiger charge is -2.24. The highest BCUT2D eigenvalue weighted by Gasteiger charge is 2.25. The summed E-state index contributed by atoms with van der Waals surface area (Å²) in [5, 5.41) is 10.1. The lowest BCUT2D eigenvalue weighted by Crippen LogP contribution is -2.39. The third-order valence-electron chi connectivity index (χ3n) is 4.75. The number of hydrogen-bond acceptors (Lipinski definition) is 5. The highest BCUT2D eigenvalue weighted by Crippen LogP contribution is 2.25. The molecule has 0 spiro atoms. The Kier molecular flexibility index (Phi) is 7.71. The van der Waals surface area contributed by atoms with Gasteiger partial charge in [-0.2, -0.15) is 0 Å². The number of likely N-dealkylation sites (tertiary alicyclic amines) is 1. The van der Waals surface area contributed by atoms with Crippen molar-refractivity contribution in [3.8, 4) is 0 Å². The minimum absolute atomic E-state index is 0.219. The summed E-state index contributed by atoms with van der Waals surface area (Å²) in [5.41, 5.74) is 1.11. The van der Waals surface area contributed by atoms with Gasteiger partial charge in [-0.05, 0) is 58.3 Å². The van der Waals surface area contributed by atoms with Gasteiger partial charge >= 0.3 is 0 Å². The first-order chi connectivity index (χ1) is 13.3. The molecule has 0 aromatic carbocycles. The molecule has 6 nitrogen and oxygen atoms in total. The lowest BCUT2D eigenvalue weighted by atomic mass is 10.2. The van der Waals surface area contributed by atoms with Gasteiger partial charge in [-0.3, -0.25) is 9.89 Å². The fourth-order valence-electron chi connectivity index (χ4n) is 3.40. The standard InChI is InChI=1S/C20H31N5OS/c1-3-21-20(22-10-6-9-19-24-16(2)15-27-19)23-14-17(18-8-7-13-26-18)25-11-4-5-12-25/h7-8,13,15,17H,3-6,9-12,14H2,1-2H3,(H2,21,22,23). The Labute approximate surface area is 166 Å². The summed E-state index contributed by atoms with van der Waals surface area (Å²) in [7, 11) is 0. The van der Waals surface area contributed by atoms with Gasteiger partial charge in [0.25, 0.3) is 0 Å². The van der Waals surface area contributed by atoms with Gasteiger partial charge in [0.2, 0.25) is 0 Å². The van der Waals surface area contributed by atoms with Crippen LogP contribution in [0.1, 0.15) is 48.7 Å². The number of rotatable bonds is 9. The van der Waals surface area contributed by atoms with Crippen molar-refractivity contribution < 1.29 is 4.42 Å². The summed E-state index contributed by atoms with van der Waals surface area (Å²) in [5.74, 6) is 1.89. The number of nitrogens with zero attached hydrogens (tertiary/aromatic N) is 3. The molecule has 0 amide bonds. The Balaban J connectivity index is 1.53. The highest BCUT2D eigenvalue weighted by molar-refractivity contribution is 7.09. The van der Waals surface area contributed by atoms with Crippen molar-refractivity contribution in [3.05, 3.63) is 40.2 Å². The zero-order chi connectivity index (χ0) is 18.9. The van der Waals surface area contributed by atoms with Crippen LogP contribution >= 0.6 is 11.3 Å². The summed E-state index contributed by atoms with van der Waals surface area (Å²) in [6.45, 7) is 8.83.